The molecule has 0 spiro atoms. The molecule has 3 N–H and O–H groups in total. The molecule has 0 fully saturated rings. The van der Waals surface area contributed by atoms with E-state index in [1.807, 2.05) is 0 Å². The largest absolute Gasteiger partial charge is 0.506 e. The Balaban J connectivity index is 3.06. The van der Waals surface area contributed by atoms with E-state index in [4.69, 9.17) is 21.8 Å². The van der Waals surface area contributed by atoms with E-state index in [1.165, 1.54) is 18.2 Å². The first-order chi connectivity index (χ1) is 6.56. The van der Waals surface area contributed by atoms with Gasteiger partial charge in [0.25, 0.3) is 0 Å². The summed E-state index contributed by atoms with van der Waals surface area (Å²) >= 11 is 5.65. The lowest BCUT2D eigenvalue weighted by molar-refractivity contribution is -0.139. The van der Waals surface area contributed by atoms with E-state index in [0.717, 1.165) is 0 Å². The molecule has 0 saturated carbocycles. The van der Waals surface area contributed by atoms with Crippen LogP contribution in [0.15, 0.2) is 18.2 Å². The number of aromatic hydroxyl groups is 1. The van der Waals surface area contributed by atoms with Crippen molar-refractivity contribution in [1.82, 2.24) is 5.32 Å². The van der Waals surface area contributed by atoms with E-state index in [9.17, 15) is 4.79 Å². The summed E-state index contributed by atoms with van der Waals surface area (Å²) in [6, 6.07) is 3.49. The van der Waals surface area contributed by atoms with Gasteiger partial charge in [0.2, 0.25) is 0 Å². The molecule has 0 radical (unpaired) electrons. The molecule has 14 heavy (non-hydrogen) atoms. The van der Waals surface area contributed by atoms with Gasteiger partial charge in [-0.3, -0.25) is 4.79 Å². The molecule has 1 rings (SSSR count). The molecule has 0 bridgehead atoms. The lowest BCUT2D eigenvalue weighted by Gasteiger charge is -2.11. The van der Waals surface area contributed by atoms with Crippen LogP contribution in [0.25, 0.3) is 0 Å². The van der Waals surface area contributed by atoms with Gasteiger partial charge in [0, 0.05) is 0 Å². The first-order valence-electron chi connectivity index (χ1n) is 3.94. The molecular weight excluding hydrogens is 206 g/mol. The zero-order chi connectivity index (χ0) is 10.7. The number of nitrogens with one attached hydrogen (secondary N) is 1. The third kappa shape index (κ3) is 2.16. The number of likely N-dealkylation sites (N-methyl/N-ethyl adjacent to an activating group) is 1. The van der Waals surface area contributed by atoms with Crippen molar-refractivity contribution < 1.29 is 15.0 Å². The van der Waals surface area contributed by atoms with E-state index in [2.05, 4.69) is 5.32 Å². The highest BCUT2D eigenvalue weighted by atomic mass is 35.5. The second kappa shape index (κ2) is 4.30. The highest BCUT2D eigenvalue weighted by molar-refractivity contribution is 6.32. The van der Waals surface area contributed by atoms with Crippen molar-refractivity contribution in [3.05, 3.63) is 28.8 Å². The first-order valence-corrected chi connectivity index (χ1v) is 4.32. The van der Waals surface area contributed by atoms with Crippen molar-refractivity contribution in [3.8, 4) is 5.75 Å². The number of carbonyl (C=O) groups is 1. The van der Waals surface area contributed by atoms with E-state index in [0.29, 0.717) is 5.56 Å². The Morgan fingerprint density at radius 1 is 1.57 bits per heavy atom. The molecule has 0 aliphatic rings. The minimum Gasteiger partial charge on any atom is -0.506 e. The minimum absolute atomic E-state index is 0.0596. The zero-order valence-corrected chi connectivity index (χ0v) is 8.25. The predicted molar refractivity (Wildman–Crippen MR) is 52.6 cm³/mol. The molecule has 1 unspecified atom stereocenters. The van der Waals surface area contributed by atoms with Crippen LogP contribution in [0.4, 0.5) is 0 Å². The number of halogens is 1. The maximum absolute atomic E-state index is 10.8. The van der Waals surface area contributed by atoms with Crippen LogP contribution in [-0.4, -0.2) is 23.2 Å². The summed E-state index contributed by atoms with van der Waals surface area (Å²) in [6.07, 6.45) is 0. The Hall–Kier alpha value is -1.26. The van der Waals surface area contributed by atoms with Crippen LogP contribution in [0.5, 0.6) is 5.75 Å². The van der Waals surface area contributed by atoms with Gasteiger partial charge in [0.05, 0.1) is 5.02 Å². The minimum atomic E-state index is -0.991. The molecule has 1 atom stereocenters. The van der Waals surface area contributed by atoms with Crippen LogP contribution < -0.4 is 5.32 Å². The molecule has 0 saturated heterocycles. The predicted octanol–water partition coefficient (Wildman–Crippen LogP) is 1.39. The topological polar surface area (TPSA) is 69.6 Å². The van der Waals surface area contributed by atoms with Gasteiger partial charge in [-0.25, -0.2) is 0 Å². The Morgan fingerprint density at radius 3 is 2.64 bits per heavy atom. The van der Waals surface area contributed by atoms with E-state index < -0.39 is 12.0 Å². The molecule has 0 aromatic heterocycles. The fraction of sp³-hybridized carbons (Fsp3) is 0.222. The lowest BCUT2D eigenvalue weighted by Crippen LogP contribution is -2.24. The summed E-state index contributed by atoms with van der Waals surface area (Å²) < 4.78 is 0. The number of rotatable bonds is 3. The summed E-state index contributed by atoms with van der Waals surface area (Å²) in [5.74, 6) is -1.05. The van der Waals surface area contributed by atoms with Gasteiger partial charge in [-0.1, -0.05) is 17.7 Å². The van der Waals surface area contributed by atoms with Crippen molar-refractivity contribution >= 4 is 17.6 Å². The number of phenolic OH excluding ortho intramolecular Hbond substituents is 1. The van der Waals surface area contributed by atoms with E-state index >= 15 is 0 Å². The molecule has 76 valence electrons. The third-order valence-corrected chi connectivity index (χ3v) is 2.14. The summed E-state index contributed by atoms with van der Waals surface area (Å²) in [7, 11) is 1.54. The molecule has 0 heterocycles. The van der Waals surface area contributed by atoms with Gasteiger partial charge in [0.1, 0.15) is 11.8 Å². The van der Waals surface area contributed by atoms with Crippen LogP contribution in [0.1, 0.15) is 11.6 Å². The number of aliphatic carboxylic acids is 1. The summed E-state index contributed by atoms with van der Waals surface area (Å²) in [5.41, 5.74) is 0.503. The quantitative estimate of drug-likeness (QED) is 0.713. The second-order valence-corrected chi connectivity index (χ2v) is 3.18. The SMILES string of the molecule is CNC(C(=O)O)c1ccc(O)c(Cl)c1. The van der Waals surface area contributed by atoms with Gasteiger partial charge in [0.15, 0.2) is 0 Å². The molecule has 5 heteroatoms. The Labute approximate surface area is 86.1 Å². The van der Waals surface area contributed by atoms with Crippen LogP contribution in [0.3, 0.4) is 0 Å². The highest BCUT2D eigenvalue weighted by Crippen LogP contribution is 2.26. The van der Waals surface area contributed by atoms with Gasteiger partial charge in [-0.2, -0.15) is 0 Å². The van der Waals surface area contributed by atoms with Crippen LogP contribution in [0.2, 0.25) is 5.02 Å². The molecule has 1 aromatic rings. The summed E-state index contributed by atoms with van der Waals surface area (Å²) in [4.78, 5) is 10.8. The molecule has 1 aromatic carbocycles. The van der Waals surface area contributed by atoms with Gasteiger partial charge < -0.3 is 15.5 Å². The van der Waals surface area contributed by atoms with Crippen molar-refractivity contribution in [2.45, 2.75) is 6.04 Å². The number of carboxylic acids is 1. The van der Waals surface area contributed by atoms with Crippen molar-refractivity contribution in [1.29, 1.82) is 0 Å². The Kier molecular flexibility index (Phi) is 3.33. The number of phenols is 1. The summed E-state index contributed by atoms with van der Waals surface area (Å²) in [5, 5.41) is 20.7. The maximum Gasteiger partial charge on any atom is 0.325 e. The number of hydrogen-bond donors (Lipinski definition) is 3. The molecule has 0 aliphatic heterocycles. The van der Waals surface area contributed by atoms with Crippen molar-refractivity contribution in [2.75, 3.05) is 7.05 Å². The average Bonchev–Trinajstić information content (AvgIpc) is 2.11. The zero-order valence-electron chi connectivity index (χ0n) is 7.49. The average molecular weight is 216 g/mol. The standard InChI is InChI=1S/C9H10ClNO3/c1-11-8(9(13)14)5-2-3-7(12)6(10)4-5/h2-4,8,11-12H,1H3,(H,13,14). The van der Waals surface area contributed by atoms with Crippen LogP contribution in [-0.2, 0) is 4.79 Å². The maximum atomic E-state index is 10.8. The molecule has 4 nitrogen and oxygen atoms in total. The molecule has 0 amide bonds. The van der Waals surface area contributed by atoms with E-state index in [-0.39, 0.29) is 10.8 Å². The Morgan fingerprint density at radius 2 is 2.21 bits per heavy atom. The normalized spacial score (nSPS) is 12.4. The molecule has 0 aliphatic carbocycles. The van der Waals surface area contributed by atoms with Gasteiger partial charge in [-0.15, -0.1) is 0 Å². The van der Waals surface area contributed by atoms with Crippen molar-refractivity contribution in [3.63, 3.8) is 0 Å². The smallest absolute Gasteiger partial charge is 0.325 e. The highest BCUT2D eigenvalue weighted by Gasteiger charge is 2.17. The van der Waals surface area contributed by atoms with E-state index in [1.54, 1.807) is 7.05 Å². The van der Waals surface area contributed by atoms with Gasteiger partial charge in [-0.05, 0) is 24.7 Å². The number of carboxylic acid groups (broad SMARTS) is 1. The van der Waals surface area contributed by atoms with Gasteiger partial charge >= 0.3 is 5.97 Å². The van der Waals surface area contributed by atoms with Crippen LogP contribution in [0, 0.1) is 0 Å². The van der Waals surface area contributed by atoms with Crippen molar-refractivity contribution in [2.24, 2.45) is 0 Å². The lowest BCUT2D eigenvalue weighted by atomic mass is 10.1. The van der Waals surface area contributed by atoms with Crippen LogP contribution >= 0.6 is 11.6 Å². The number of hydrogen-bond acceptors (Lipinski definition) is 3. The Bertz CT molecular complexity index is 354. The molecular formula is C9H10ClNO3. The third-order valence-electron chi connectivity index (χ3n) is 1.84. The fourth-order valence-electron chi connectivity index (χ4n) is 1.14. The second-order valence-electron chi connectivity index (χ2n) is 2.77. The monoisotopic (exact) mass is 215 g/mol. The first kappa shape index (κ1) is 10.8. The number of benzene rings is 1. The fourth-order valence-corrected chi connectivity index (χ4v) is 1.32. The summed E-state index contributed by atoms with van der Waals surface area (Å²) in [6.45, 7) is 0.